The van der Waals surface area contributed by atoms with E-state index in [4.69, 9.17) is 5.73 Å². The van der Waals surface area contributed by atoms with Crippen LogP contribution in [-0.2, 0) is 0 Å². The van der Waals surface area contributed by atoms with Gasteiger partial charge in [0.2, 0.25) is 0 Å². The third-order valence-electron chi connectivity index (χ3n) is 2.19. The third-order valence-corrected chi connectivity index (χ3v) is 2.19. The van der Waals surface area contributed by atoms with Gasteiger partial charge in [0.25, 0.3) is 0 Å². The lowest BCUT2D eigenvalue weighted by Crippen LogP contribution is -2.45. The highest BCUT2D eigenvalue weighted by molar-refractivity contribution is 5.85. The molecular weight excluding hydrogens is 174 g/mol. The van der Waals surface area contributed by atoms with Crippen molar-refractivity contribution in [2.24, 2.45) is 10.7 Å². The van der Waals surface area contributed by atoms with Crippen molar-refractivity contribution in [2.75, 3.05) is 0 Å². The average Bonchev–Trinajstić information content (AvgIpc) is 2.03. The minimum Gasteiger partial charge on any atom is -0.370 e. The van der Waals surface area contributed by atoms with Crippen LogP contribution in [-0.4, -0.2) is 18.0 Å². The van der Waals surface area contributed by atoms with Gasteiger partial charge >= 0.3 is 0 Å². The molecule has 3 N–H and O–H groups in total. The Bertz CT molecular complexity index is 158. The number of rotatable bonds is 2. The molecule has 0 aromatic rings. The zero-order chi connectivity index (χ0) is 8.27. The zero-order valence-electron chi connectivity index (χ0n) is 7.71. The van der Waals surface area contributed by atoms with Gasteiger partial charge in [-0.3, -0.25) is 4.99 Å². The maximum Gasteiger partial charge on any atom is 0.189 e. The van der Waals surface area contributed by atoms with Crippen molar-refractivity contribution >= 4 is 18.4 Å². The molecule has 0 aromatic carbocycles. The molecule has 0 aliphatic carbocycles. The van der Waals surface area contributed by atoms with Crippen LogP contribution in [0.25, 0.3) is 0 Å². The van der Waals surface area contributed by atoms with E-state index in [0.29, 0.717) is 18.0 Å². The predicted molar refractivity (Wildman–Crippen MR) is 54.8 cm³/mol. The van der Waals surface area contributed by atoms with E-state index in [1.54, 1.807) is 0 Å². The molecule has 0 fully saturated rings. The van der Waals surface area contributed by atoms with E-state index in [1.807, 2.05) is 0 Å². The molecular formula is C8H18ClN3. The fourth-order valence-corrected chi connectivity index (χ4v) is 1.41. The summed E-state index contributed by atoms with van der Waals surface area (Å²) >= 11 is 0. The highest BCUT2D eigenvalue weighted by Gasteiger charge is 2.18. The van der Waals surface area contributed by atoms with Gasteiger partial charge in [-0.1, -0.05) is 13.8 Å². The molecule has 3 nitrogen and oxygen atoms in total. The number of halogens is 1. The molecule has 72 valence electrons. The van der Waals surface area contributed by atoms with Crippen molar-refractivity contribution in [1.29, 1.82) is 0 Å². The van der Waals surface area contributed by atoms with Gasteiger partial charge in [0, 0.05) is 6.04 Å². The molecule has 1 aliphatic heterocycles. The Kier molecular flexibility index (Phi) is 5.06. The van der Waals surface area contributed by atoms with Gasteiger partial charge in [-0.15, -0.1) is 12.4 Å². The summed E-state index contributed by atoms with van der Waals surface area (Å²) in [5.41, 5.74) is 5.61. The number of hydrogen-bond donors (Lipinski definition) is 2. The largest absolute Gasteiger partial charge is 0.370 e. The summed E-state index contributed by atoms with van der Waals surface area (Å²) in [4.78, 5) is 4.28. The summed E-state index contributed by atoms with van der Waals surface area (Å²) in [7, 11) is 0. The molecule has 0 saturated carbocycles. The first-order valence-electron chi connectivity index (χ1n) is 4.36. The van der Waals surface area contributed by atoms with Gasteiger partial charge in [-0.05, 0) is 19.3 Å². The zero-order valence-corrected chi connectivity index (χ0v) is 8.53. The second-order valence-corrected chi connectivity index (χ2v) is 3.06. The van der Waals surface area contributed by atoms with Crippen molar-refractivity contribution in [3.63, 3.8) is 0 Å². The Balaban J connectivity index is 0.00000121. The predicted octanol–water partition coefficient (Wildman–Crippen LogP) is 1.27. The van der Waals surface area contributed by atoms with E-state index in [9.17, 15) is 0 Å². The maximum atomic E-state index is 5.61. The molecule has 12 heavy (non-hydrogen) atoms. The van der Waals surface area contributed by atoms with Crippen LogP contribution in [0.3, 0.4) is 0 Å². The fourth-order valence-electron chi connectivity index (χ4n) is 1.41. The second kappa shape index (κ2) is 5.25. The Morgan fingerprint density at radius 3 is 2.67 bits per heavy atom. The summed E-state index contributed by atoms with van der Waals surface area (Å²) in [6.07, 6.45) is 3.36. The van der Waals surface area contributed by atoms with Gasteiger partial charge in [-0.2, -0.15) is 0 Å². The topological polar surface area (TPSA) is 50.4 Å². The van der Waals surface area contributed by atoms with E-state index in [2.05, 4.69) is 24.2 Å². The Morgan fingerprint density at radius 2 is 2.17 bits per heavy atom. The number of aliphatic imine (C=N–C) groups is 1. The van der Waals surface area contributed by atoms with Crippen molar-refractivity contribution < 1.29 is 0 Å². The van der Waals surface area contributed by atoms with Gasteiger partial charge < -0.3 is 11.1 Å². The lowest BCUT2D eigenvalue weighted by Gasteiger charge is -2.26. The quantitative estimate of drug-likeness (QED) is 0.691. The molecule has 0 spiro atoms. The standard InChI is InChI=1S/C8H17N3.ClH/c1-3-6-5-7(4-2)11-8(9)10-6;/h6-7H,3-5H2,1-2H3,(H3,9,10,11);1H. The van der Waals surface area contributed by atoms with Crippen molar-refractivity contribution in [2.45, 2.75) is 45.2 Å². The Morgan fingerprint density at radius 1 is 1.50 bits per heavy atom. The van der Waals surface area contributed by atoms with Gasteiger partial charge in [-0.25, -0.2) is 0 Å². The molecule has 2 unspecified atom stereocenters. The number of nitrogens with zero attached hydrogens (tertiary/aromatic N) is 1. The minimum absolute atomic E-state index is 0. The molecule has 0 radical (unpaired) electrons. The number of hydrogen-bond acceptors (Lipinski definition) is 3. The maximum absolute atomic E-state index is 5.61. The van der Waals surface area contributed by atoms with Crippen molar-refractivity contribution in [3.05, 3.63) is 0 Å². The number of nitrogens with two attached hydrogens (primary N) is 1. The van der Waals surface area contributed by atoms with Crippen molar-refractivity contribution in [1.82, 2.24) is 5.32 Å². The number of guanidine groups is 1. The molecule has 0 bridgehead atoms. The summed E-state index contributed by atoms with van der Waals surface area (Å²) in [6.45, 7) is 4.32. The first-order valence-corrected chi connectivity index (χ1v) is 4.36. The average molecular weight is 192 g/mol. The van der Waals surface area contributed by atoms with E-state index in [0.717, 1.165) is 19.3 Å². The Hall–Kier alpha value is -0.440. The molecule has 0 aromatic heterocycles. The van der Waals surface area contributed by atoms with E-state index in [-0.39, 0.29) is 12.4 Å². The molecule has 4 heteroatoms. The lowest BCUT2D eigenvalue weighted by atomic mass is 10.0. The SMILES string of the molecule is CCC1CC(CC)NC(N)=N1.Cl. The van der Waals surface area contributed by atoms with Crippen LogP contribution in [0.5, 0.6) is 0 Å². The van der Waals surface area contributed by atoms with Crippen molar-refractivity contribution in [3.8, 4) is 0 Å². The van der Waals surface area contributed by atoms with Crippen LogP contribution < -0.4 is 11.1 Å². The van der Waals surface area contributed by atoms with E-state index in [1.165, 1.54) is 0 Å². The summed E-state index contributed by atoms with van der Waals surface area (Å²) in [6, 6.07) is 0.985. The highest BCUT2D eigenvalue weighted by Crippen LogP contribution is 2.12. The third kappa shape index (κ3) is 2.89. The minimum atomic E-state index is 0. The molecule has 1 heterocycles. The lowest BCUT2D eigenvalue weighted by molar-refractivity contribution is 0.444. The van der Waals surface area contributed by atoms with Crippen LogP contribution in [0.2, 0.25) is 0 Å². The molecule has 1 rings (SSSR count). The molecule has 0 saturated heterocycles. The Labute approximate surface area is 80.2 Å². The van der Waals surface area contributed by atoms with Crippen LogP contribution in [0.1, 0.15) is 33.1 Å². The first-order chi connectivity index (χ1) is 5.26. The van der Waals surface area contributed by atoms with Gasteiger partial charge in [0.1, 0.15) is 0 Å². The fraction of sp³-hybridized carbons (Fsp3) is 0.875. The normalized spacial score (nSPS) is 28.3. The summed E-state index contributed by atoms with van der Waals surface area (Å²) in [5.74, 6) is 0.620. The summed E-state index contributed by atoms with van der Waals surface area (Å²) < 4.78 is 0. The van der Waals surface area contributed by atoms with Crippen LogP contribution in [0.15, 0.2) is 4.99 Å². The van der Waals surface area contributed by atoms with Gasteiger partial charge in [0.05, 0.1) is 6.04 Å². The van der Waals surface area contributed by atoms with E-state index >= 15 is 0 Å². The molecule has 1 aliphatic rings. The monoisotopic (exact) mass is 191 g/mol. The summed E-state index contributed by atoms with van der Waals surface area (Å²) in [5, 5.41) is 3.16. The first kappa shape index (κ1) is 11.6. The second-order valence-electron chi connectivity index (χ2n) is 3.06. The highest BCUT2D eigenvalue weighted by atomic mass is 35.5. The molecule has 2 atom stereocenters. The van der Waals surface area contributed by atoms with Crippen LogP contribution in [0, 0.1) is 0 Å². The van der Waals surface area contributed by atoms with Gasteiger partial charge in [0.15, 0.2) is 5.96 Å². The molecule has 0 amide bonds. The number of nitrogens with one attached hydrogen (secondary N) is 1. The smallest absolute Gasteiger partial charge is 0.189 e. The van der Waals surface area contributed by atoms with E-state index < -0.39 is 0 Å². The van der Waals surface area contributed by atoms with Crippen LogP contribution >= 0.6 is 12.4 Å². The van der Waals surface area contributed by atoms with Crippen LogP contribution in [0.4, 0.5) is 0 Å².